The van der Waals surface area contributed by atoms with E-state index in [0.29, 0.717) is 22.5 Å². The van der Waals surface area contributed by atoms with E-state index in [2.05, 4.69) is 20.6 Å². The van der Waals surface area contributed by atoms with Gasteiger partial charge >= 0.3 is 0 Å². The van der Waals surface area contributed by atoms with E-state index in [4.69, 9.17) is 5.73 Å². The van der Waals surface area contributed by atoms with E-state index in [1.54, 1.807) is 19.1 Å². The van der Waals surface area contributed by atoms with Crippen LogP contribution in [0.5, 0.6) is 0 Å². The molecule has 0 saturated carbocycles. The molecular weight excluding hydrogens is 345 g/mol. The van der Waals surface area contributed by atoms with Crippen LogP contribution in [0.4, 0.5) is 10.2 Å². The predicted molar refractivity (Wildman–Crippen MR) is 102 cm³/mol. The number of nitrogens with one attached hydrogen (secondary N) is 2. The van der Waals surface area contributed by atoms with Gasteiger partial charge in [-0.1, -0.05) is 18.2 Å². The number of para-hydroxylation sites is 1. The molecule has 1 aliphatic heterocycles. The van der Waals surface area contributed by atoms with E-state index in [-0.39, 0.29) is 17.8 Å². The minimum absolute atomic E-state index is 0.0743. The van der Waals surface area contributed by atoms with Gasteiger partial charge in [0.15, 0.2) is 0 Å². The van der Waals surface area contributed by atoms with Crippen molar-refractivity contribution in [2.75, 3.05) is 18.4 Å². The van der Waals surface area contributed by atoms with Crippen molar-refractivity contribution < 1.29 is 9.18 Å². The van der Waals surface area contributed by atoms with Crippen LogP contribution < -0.4 is 16.4 Å². The summed E-state index contributed by atoms with van der Waals surface area (Å²) < 4.78 is 13.6. The molecule has 0 radical (unpaired) electrons. The van der Waals surface area contributed by atoms with Crippen LogP contribution in [-0.2, 0) is 0 Å². The summed E-state index contributed by atoms with van der Waals surface area (Å²) in [5.41, 5.74) is 8.07. The second-order valence-electron chi connectivity index (χ2n) is 6.81. The molecule has 0 unspecified atom stereocenters. The first-order valence-corrected chi connectivity index (χ1v) is 8.81. The Balaban J connectivity index is 1.68. The maximum absolute atomic E-state index is 13.6. The van der Waals surface area contributed by atoms with Crippen LogP contribution in [0, 0.1) is 12.7 Å². The molecule has 2 heterocycles. The molecule has 6 nitrogen and oxygen atoms in total. The Hall–Kier alpha value is -3.06. The highest BCUT2D eigenvalue weighted by Gasteiger charge is 2.29. The van der Waals surface area contributed by atoms with Gasteiger partial charge in [-0.25, -0.2) is 14.4 Å². The average molecular weight is 365 g/mol. The van der Waals surface area contributed by atoms with Gasteiger partial charge in [0.2, 0.25) is 0 Å². The number of benzene rings is 2. The number of carbonyl (C=O) groups excluding carboxylic acids is 1. The van der Waals surface area contributed by atoms with Gasteiger partial charge in [0.05, 0.1) is 11.1 Å². The van der Waals surface area contributed by atoms with Crippen molar-refractivity contribution in [2.24, 2.45) is 5.73 Å². The second kappa shape index (κ2) is 6.92. The highest BCUT2D eigenvalue weighted by Crippen LogP contribution is 2.29. The third-order valence-electron chi connectivity index (χ3n) is 5.08. The maximum Gasteiger partial charge on any atom is 0.250 e. The number of nitrogens with two attached hydrogens (primary N) is 1. The lowest BCUT2D eigenvalue weighted by atomic mass is 9.93. The minimum Gasteiger partial charge on any atom is -0.366 e. The fourth-order valence-electron chi connectivity index (χ4n) is 3.66. The number of amides is 1. The van der Waals surface area contributed by atoms with Gasteiger partial charge in [-0.2, -0.15) is 0 Å². The van der Waals surface area contributed by atoms with Crippen molar-refractivity contribution in [2.45, 2.75) is 18.9 Å². The summed E-state index contributed by atoms with van der Waals surface area (Å²) >= 11 is 0. The highest BCUT2D eigenvalue weighted by atomic mass is 19.1. The first-order chi connectivity index (χ1) is 13.0. The molecule has 1 amide bonds. The lowest BCUT2D eigenvalue weighted by molar-refractivity contribution is 0.100. The summed E-state index contributed by atoms with van der Waals surface area (Å²) in [5.74, 6) is 0.108. The first-order valence-electron chi connectivity index (χ1n) is 8.81. The summed E-state index contributed by atoms with van der Waals surface area (Å²) in [5, 5.41) is 7.60. The van der Waals surface area contributed by atoms with E-state index < -0.39 is 5.91 Å². The zero-order chi connectivity index (χ0) is 19.0. The van der Waals surface area contributed by atoms with Gasteiger partial charge in [-0.05, 0) is 36.2 Å². The smallest absolute Gasteiger partial charge is 0.250 e. The molecule has 27 heavy (non-hydrogen) atoms. The summed E-state index contributed by atoms with van der Waals surface area (Å²) in [4.78, 5) is 20.3. The van der Waals surface area contributed by atoms with Gasteiger partial charge in [0, 0.05) is 30.4 Å². The van der Waals surface area contributed by atoms with Gasteiger partial charge in [0.25, 0.3) is 5.91 Å². The molecule has 0 aliphatic carbocycles. The largest absolute Gasteiger partial charge is 0.366 e. The van der Waals surface area contributed by atoms with Crippen LogP contribution in [0.15, 0.2) is 42.7 Å². The Morgan fingerprint density at radius 1 is 1.26 bits per heavy atom. The van der Waals surface area contributed by atoms with Crippen molar-refractivity contribution in [3.63, 3.8) is 0 Å². The molecule has 3 aromatic rings. The SMILES string of the molecule is Cc1cc([C@H]2CNC[C@@H]2Nc2ncnc3c(C(N)=O)cccc23)ccc1F. The average Bonchev–Trinajstić information content (AvgIpc) is 3.12. The number of halogens is 1. The molecule has 1 saturated heterocycles. The lowest BCUT2D eigenvalue weighted by Crippen LogP contribution is -2.28. The number of hydrogen-bond donors (Lipinski definition) is 3. The van der Waals surface area contributed by atoms with E-state index in [0.717, 1.165) is 24.0 Å². The molecule has 4 N–H and O–H groups in total. The molecule has 0 spiro atoms. The molecule has 138 valence electrons. The van der Waals surface area contributed by atoms with Gasteiger partial charge < -0.3 is 16.4 Å². The molecule has 0 bridgehead atoms. The Bertz CT molecular complexity index is 1020. The van der Waals surface area contributed by atoms with Crippen molar-refractivity contribution in [3.8, 4) is 0 Å². The van der Waals surface area contributed by atoms with Crippen molar-refractivity contribution in [1.29, 1.82) is 0 Å². The Morgan fingerprint density at radius 2 is 2.11 bits per heavy atom. The fraction of sp³-hybridized carbons (Fsp3) is 0.250. The van der Waals surface area contributed by atoms with Crippen LogP contribution in [0.3, 0.4) is 0 Å². The monoisotopic (exact) mass is 365 g/mol. The molecule has 1 aromatic heterocycles. The number of anilines is 1. The number of fused-ring (bicyclic) bond motifs is 1. The van der Waals surface area contributed by atoms with Crippen molar-refractivity contribution in [1.82, 2.24) is 15.3 Å². The molecule has 2 aromatic carbocycles. The number of aryl methyl sites for hydroxylation is 1. The van der Waals surface area contributed by atoms with Gasteiger partial charge in [-0.15, -0.1) is 0 Å². The Labute approximate surface area is 156 Å². The second-order valence-corrected chi connectivity index (χ2v) is 6.81. The molecule has 4 rings (SSSR count). The number of nitrogens with zero attached hydrogens (tertiary/aromatic N) is 2. The van der Waals surface area contributed by atoms with Crippen LogP contribution in [0.1, 0.15) is 27.4 Å². The molecule has 7 heteroatoms. The number of carbonyl (C=O) groups is 1. The molecule has 1 fully saturated rings. The molecular formula is C20H20FN5O. The molecule has 1 aliphatic rings. The Kier molecular flexibility index (Phi) is 4.45. The summed E-state index contributed by atoms with van der Waals surface area (Å²) in [6, 6.07) is 10.6. The van der Waals surface area contributed by atoms with Gasteiger partial charge in [0.1, 0.15) is 18.0 Å². The zero-order valence-corrected chi connectivity index (χ0v) is 14.9. The van der Waals surface area contributed by atoms with Crippen LogP contribution in [0.25, 0.3) is 10.9 Å². The van der Waals surface area contributed by atoms with E-state index in [9.17, 15) is 9.18 Å². The number of hydrogen-bond acceptors (Lipinski definition) is 5. The topological polar surface area (TPSA) is 92.9 Å². The Morgan fingerprint density at radius 3 is 2.89 bits per heavy atom. The number of primary amides is 1. The summed E-state index contributed by atoms with van der Waals surface area (Å²) in [6.45, 7) is 3.31. The van der Waals surface area contributed by atoms with Crippen LogP contribution >= 0.6 is 0 Å². The zero-order valence-electron chi connectivity index (χ0n) is 14.9. The van der Waals surface area contributed by atoms with E-state index in [1.807, 2.05) is 18.2 Å². The predicted octanol–water partition coefficient (Wildman–Crippen LogP) is 2.34. The first kappa shape index (κ1) is 17.4. The number of aromatic nitrogens is 2. The fourth-order valence-corrected chi connectivity index (χ4v) is 3.66. The van der Waals surface area contributed by atoms with E-state index >= 15 is 0 Å². The lowest BCUT2D eigenvalue weighted by Gasteiger charge is -2.22. The molecule has 2 atom stereocenters. The summed E-state index contributed by atoms with van der Waals surface area (Å²) in [7, 11) is 0. The highest BCUT2D eigenvalue weighted by molar-refractivity contribution is 6.06. The van der Waals surface area contributed by atoms with Crippen molar-refractivity contribution in [3.05, 3.63) is 65.2 Å². The van der Waals surface area contributed by atoms with Crippen LogP contribution in [-0.4, -0.2) is 35.0 Å². The standard InChI is InChI=1S/C20H20FN5O/c1-11-7-12(5-6-16(11)21)15-8-23-9-17(15)26-20-14-4-2-3-13(19(22)27)18(14)24-10-25-20/h2-7,10,15,17,23H,8-9H2,1H3,(H2,22,27)(H,24,25,26)/t15-,17+/m1/s1. The van der Waals surface area contributed by atoms with Crippen LogP contribution in [0.2, 0.25) is 0 Å². The third-order valence-corrected chi connectivity index (χ3v) is 5.08. The third kappa shape index (κ3) is 3.21. The minimum atomic E-state index is -0.521. The van der Waals surface area contributed by atoms with E-state index in [1.165, 1.54) is 12.4 Å². The quantitative estimate of drug-likeness (QED) is 0.660. The van der Waals surface area contributed by atoms with Crippen molar-refractivity contribution >= 4 is 22.6 Å². The summed E-state index contributed by atoms with van der Waals surface area (Å²) in [6.07, 6.45) is 1.43. The maximum atomic E-state index is 13.6. The van der Waals surface area contributed by atoms with Gasteiger partial charge in [-0.3, -0.25) is 4.79 Å². The normalized spacial score (nSPS) is 19.3. The number of rotatable bonds is 4.